The van der Waals surface area contributed by atoms with E-state index < -0.39 is 0 Å². The molecule has 29 heavy (non-hydrogen) atoms. The summed E-state index contributed by atoms with van der Waals surface area (Å²) < 4.78 is 29.6. The number of aromatic nitrogens is 1. The van der Waals surface area contributed by atoms with Crippen molar-refractivity contribution in [3.05, 3.63) is 53.2 Å². The van der Waals surface area contributed by atoms with Crippen LogP contribution in [0.2, 0.25) is 0 Å². The lowest BCUT2D eigenvalue weighted by Crippen LogP contribution is -2.29. The molecule has 0 bridgehead atoms. The molecule has 3 rings (SSSR count). The van der Waals surface area contributed by atoms with Crippen LogP contribution in [0, 0.1) is 11.2 Å². The van der Waals surface area contributed by atoms with Crippen molar-refractivity contribution >= 4 is 22.4 Å². The maximum atomic E-state index is 13.6. The van der Waals surface area contributed by atoms with E-state index in [4.69, 9.17) is 19.6 Å². The van der Waals surface area contributed by atoms with Crippen molar-refractivity contribution in [2.24, 2.45) is 0 Å². The number of guanidine groups is 1. The van der Waals surface area contributed by atoms with Crippen molar-refractivity contribution in [1.29, 1.82) is 5.41 Å². The first-order chi connectivity index (χ1) is 14.0. The molecule has 3 aromatic rings. The van der Waals surface area contributed by atoms with Crippen LogP contribution in [0.1, 0.15) is 5.56 Å². The molecule has 152 valence electrons. The van der Waals surface area contributed by atoms with Crippen LogP contribution in [0.5, 0.6) is 17.2 Å². The average Bonchev–Trinajstić information content (AvgIpc) is 3.20. The predicted molar refractivity (Wildman–Crippen MR) is 112 cm³/mol. The van der Waals surface area contributed by atoms with E-state index in [1.165, 1.54) is 30.6 Å². The summed E-state index contributed by atoms with van der Waals surface area (Å²) in [6.07, 6.45) is 0. The summed E-state index contributed by atoms with van der Waals surface area (Å²) in [6, 6.07) is 9.75. The second kappa shape index (κ2) is 9.24. The van der Waals surface area contributed by atoms with Crippen molar-refractivity contribution in [1.82, 2.24) is 10.3 Å². The number of halogens is 1. The molecule has 0 aliphatic heterocycles. The van der Waals surface area contributed by atoms with Gasteiger partial charge in [0, 0.05) is 10.9 Å². The summed E-state index contributed by atoms with van der Waals surface area (Å²) in [7, 11) is 4.69. The Hall–Kier alpha value is -3.33. The number of benzene rings is 2. The molecule has 0 atom stereocenters. The Bertz CT molecular complexity index is 987. The van der Waals surface area contributed by atoms with Gasteiger partial charge in [0.15, 0.2) is 11.1 Å². The van der Waals surface area contributed by atoms with E-state index in [1.807, 2.05) is 18.2 Å². The van der Waals surface area contributed by atoms with Gasteiger partial charge in [-0.1, -0.05) is 6.07 Å². The van der Waals surface area contributed by atoms with Gasteiger partial charge in [-0.3, -0.25) is 5.41 Å². The number of thiazole rings is 1. The zero-order valence-electron chi connectivity index (χ0n) is 16.2. The Balaban J connectivity index is 1.68. The van der Waals surface area contributed by atoms with Gasteiger partial charge >= 0.3 is 0 Å². The smallest absolute Gasteiger partial charge is 0.195 e. The van der Waals surface area contributed by atoms with Crippen molar-refractivity contribution in [2.75, 3.05) is 26.6 Å². The van der Waals surface area contributed by atoms with Gasteiger partial charge in [0.2, 0.25) is 0 Å². The zero-order chi connectivity index (χ0) is 20.8. The van der Waals surface area contributed by atoms with E-state index in [-0.39, 0.29) is 11.8 Å². The number of nitrogens with one attached hydrogen (secondary N) is 3. The van der Waals surface area contributed by atoms with E-state index >= 15 is 0 Å². The van der Waals surface area contributed by atoms with Gasteiger partial charge in [0.25, 0.3) is 0 Å². The molecular formula is C20H21FN4O3S. The fourth-order valence-electron chi connectivity index (χ4n) is 2.77. The highest BCUT2D eigenvalue weighted by Crippen LogP contribution is 2.33. The number of ether oxygens (including phenoxy) is 3. The molecule has 3 N–H and O–H groups in total. The van der Waals surface area contributed by atoms with E-state index in [0.29, 0.717) is 40.2 Å². The van der Waals surface area contributed by atoms with E-state index in [9.17, 15) is 4.39 Å². The molecule has 1 aromatic heterocycles. The maximum Gasteiger partial charge on any atom is 0.195 e. The highest BCUT2D eigenvalue weighted by Gasteiger charge is 2.13. The first-order valence-corrected chi connectivity index (χ1v) is 9.52. The monoisotopic (exact) mass is 416 g/mol. The van der Waals surface area contributed by atoms with Gasteiger partial charge in [-0.25, -0.2) is 9.37 Å². The number of rotatable bonds is 7. The van der Waals surface area contributed by atoms with Crippen LogP contribution in [0.3, 0.4) is 0 Å². The van der Waals surface area contributed by atoms with Crippen molar-refractivity contribution in [3.8, 4) is 28.5 Å². The predicted octanol–water partition coefficient (Wildman–Crippen LogP) is 4.11. The zero-order valence-corrected chi connectivity index (χ0v) is 17.0. The number of hydrogen-bond acceptors (Lipinski definition) is 6. The van der Waals surface area contributed by atoms with Gasteiger partial charge in [-0.05, 0) is 30.3 Å². The molecule has 1 heterocycles. The van der Waals surface area contributed by atoms with Gasteiger partial charge in [-0.15, -0.1) is 11.3 Å². The van der Waals surface area contributed by atoms with Gasteiger partial charge in [0.05, 0.1) is 39.1 Å². The van der Waals surface area contributed by atoms with E-state index in [0.717, 1.165) is 5.56 Å². The largest absolute Gasteiger partial charge is 0.496 e. The SMILES string of the molecule is COc1ccc(F)cc1-c1csc(NC(=N)NCc2c(OC)cccc2OC)n1. The molecule has 0 radical (unpaired) electrons. The molecule has 0 unspecified atom stereocenters. The Morgan fingerprint density at radius 2 is 1.76 bits per heavy atom. The molecule has 0 fully saturated rings. The number of hydrogen-bond donors (Lipinski definition) is 3. The molecule has 9 heteroatoms. The topological polar surface area (TPSA) is 88.5 Å². The fraction of sp³-hybridized carbons (Fsp3) is 0.200. The van der Waals surface area contributed by atoms with Gasteiger partial charge in [-0.2, -0.15) is 0 Å². The second-order valence-electron chi connectivity index (χ2n) is 5.88. The summed E-state index contributed by atoms with van der Waals surface area (Å²) in [5, 5.41) is 16.3. The van der Waals surface area contributed by atoms with E-state index in [2.05, 4.69) is 15.6 Å². The third-order valence-electron chi connectivity index (χ3n) is 4.15. The highest BCUT2D eigenvalue weighted by atomic mass is 32.1. The molecule has 0 saturated carbocycles. The standard InChI is InChI=1S/C20H21FN4O3S/c1-26-16-5-4-6-17(27-2)14(16)10-23-19(22)25-20-24-15(11-29-20)13-9-12(21)7-8-18(13)28-3/h4-9,11H,10H2,1-3H3,(H3,22,23,24,25). The fourth-order valence-corrected chi connectivity index (χ4v) is 3.48. The molecule has 0 spiro atoms. The van der Waals surface area contributed by atoms with E-state index in [1.54, 1.807) is 25.7 Å². The number of methoxy groups -OCH3 is 3. The molecule has 0 saturated heterocycles. The number of anilines is 1. The van der Waals surface area contributed by atoms with Crippen molar-refractivity contribution in [2.45, 2.75) is 6.54 Å². The highest BCUT2D eigenvalue weighted by molar-refractivity contribution is 7.14. The van der Waals surface area contributed by atoms with Crippen LogP contribution in [-0.2, 0) is 6.54 Å². The van der Waals surface area contributed by atoms with Gasteiger partial charge < -0.3 is 24.8 Å². The molecule has 0 amide bonds. The van der Waals surface area contributed by atoms with Crippen molar-refractivity contribution < 1.29 is 18.6 Å². The summed E-state index contributed by atoms with van der Waals surface area (Å²) in [5.74, 6) is 1.55. The minimum absolute atomic E-state index is 0.0602. The van der Waals surface area contributed by atoms with Gasteiger partial charge in [0.1, 0.15) is 23.1 Å². The Morgan fingerprint density at radius 1 is 1.07 bits per heavy atom. The first kappa shape index (κ1) is 20.4. The summed E-state index contributed by atoms with van der Waals surface area (Å²) in [5.41, 5.74) is 1.91. The summed E-state index contributed by atoms with van der Waals surface area (Å²) in [6.45, 7) is 0.328. The Labute approximate surface area is 172 Å². The lowest BCUT2D eigenvalue weighted by Gasteiger charge is -2.14. The lowest BCUT2D eigenvalue weighted by molar-refractivity contribution is 0.384. The normalized spacial score (nSPS) is 10.3. The molecule has 2 aromatic carbocycles. The second-order valence-corrected chi connectivity index (χ2v) is 6.74. The van der Waals surface area contributed by atoms with Crippen LogP contribution in [0.25, 0.3) is 11.3 Å². The maximum absolute atomic E-state index is 13.6. The van der Waals surface area contributed by atoms with Crippen LogP contribution >= 0.6 is 11.3 Å². The quantitative estimate of drug-likeness (QED) is 0.397. The molecule has 0 aliphatic rings. The minimum atomic E-state index is -0.372. The Morgan fingerprint density at radius 3 is 2.41 bits per heavy atom. The van der Waals surface area contributed by atoms with Crippen molar-refractivity contribution in [3.63, 3.8) is 0 Å². The average molecular weight is 416 g/mol. The first-order valence-electron chi connectivity index (χ1n) is 8.64. The molecule has 0 aliphatic carbocycles. The Kier molecular flexibility index (Phi) is 6.50. The van der Waals surface area contributed by atoms with Crippen LogP contribution in [-0.4, -0.2) is 32.3 Å². The third-order valence-corrected chi connectivity index (χ3v) is 4.90. The van der Waals surface area contributed by atoms with Crippen LogP contribution in [0.4, 0.5) is 9.52 Å². The third kappa shape index (κ3) is 4.75. The summed E-state index contributed by atoms with van der Waals surface area (Å²) in [4.78, 5) is 4.42. The van der Waals surface area contributed by atoms with Crippen LogP contribution in [0.15, 0.2) is 41.8 Å². The molecule has 7 nitrogen and oxygen atoms in total. The minimum Gasteiger partial charge on any atom is -0.496 e. The lowest BCUT2D eigenvalue weighted by atomic mass is 10.1. The van der Waals surface area contributed by atoms with Crippen LogP contribution < -0.4 is 24.8 Å². The number of nitrogens with zero attached hydrogens (tertiary/aromatic N) is 1. The molecular weight excluding hydrogens is 395 g/mol. The summed E-state index contributed by atoms with van der Waals surface area (Å²) >= 11 is 1.30.